The largest absolute Gasteiger partial charge is 0.492 e. The number of aromatic nitrogens is 2. The SMILES string of the molecule is CCC1CCC(c2nc(O)c(I)c(=O)[nH]2)CC1. The number of halogens is 1. The van der Waals surface area contributed by atoms with Crippen molar-refractivity contribution in [3.8, 4) is 5.88 Å². The van der Waals surface area contributed by atoms with Crippen molar-refractivity contribution in [3.63, 3.8) is 0 Å². The zero-order chi connectivity index (χ0) is 12.4. The smallest absolute Gasteiger partial charge is 0.268 e. The van der Waals surface area contributed by atoms with Gasteiger partial charge in [-0.05, 0) is 54.2 Å². The molecule has 1 aliphatic carbocycles. The van der Waals surface area contributed by atoms with E-state index >= 15 is 0 Å². The minimum absolute atomic E-state index is 0.137. The number of hydrogen-bond acceptors (Lipinski definition) is 3. The van der Waals surface area contributed by atoms with Gasteiger partial charge in [-0.25, -0.2) is 0 Å². The molecule has 1 aromatic heterocycles. The molecule has 1 fully saturated rings. The predicted octanol–water partition coefficient (Wildman–Crippen LogP) is 2.76. The number of nitrogens with zero attached hydrogens (tertiary/aromatic N) is 1. The highest BCUT2D eigenvalue weighted by atomic mass is 127. The lowest BCUT2D eigenvalue weighted by molar-refractivity contribution is 0.309. The van der Waals surface area contributed by atoms with Crippen LogP contribution < -0.4 is 5.56 Å². The van der Waals surface area contributed by atoms with E-state index in [9.17, 15) is 9.90 Å². The Balaban J connectivity index is 2.16. The molecule has 17 heavy (non-hydrogen) atoms. The fourth-order valence-corrected chi connectivity index (χ4v) is 2.76. The number of H-pyrrole nitrogens is 1. The Morgan fingerprint density at radius 2 is 2.06 bits per heavy atom. The molecule has 0 aromatic carbocycles. The van der Waals surface area contributed by atoms with Gasteiger partial charge in [0.05, 0.1) is 0 Å². The molecular formula is C12H17IN2O2. The summed E-state index contributed by atoms with van der Waals surface area (Å²) in [6.45, 7) is 2.22. The average molecular weight is 348 g/mol. The summed E-state index contributed by atoms with van der Waals surface area (Å²) in [6, 6.07) is 0. The summed E-state index contributed by atoms with van der Waals surface area (Å²) in [6.07, 6.45) is 5.73. The van der Waals surface area contributed by atoms with Crippen LogP contribution in [0.2, 0.25) is 0 Å². The van der Waals surface area contributed by atoms with Crippen molar-refractivity contribution in [3.05, 3.63) is 19.7 Å². The Kier molecular flexibility index (Phi) is 4.06. The van der Waals surface area contributed by atoms with E-state index in [4.69, 9.17) is 0 Å². The molecule has 0 spiro atoms. The standard InChI is InChI=1S/C12H17IN2O2/c1-2-7-3-5-8(6-4-7)10-14-11(16)9(13)12(17)15-10/h7-8H,2-6H2,1H3,(H2,14,15,16,17). The van der Waals surface area contributed by atoms with E-state index in [1.807, 2.05) is 22.6 Å². The van der Waals surface area contributed by atoms with Crippen LogP contribution in [0.3, 0.4) is 0 Å². The fourth-order valence-electron chi connectivity index (χ4n) is 2.50. The highest BCUT2D eigenvalue weighted by Gasteiger charge is 2.24. The molecule has 0 saturated heterocycles. The van der Waals surface area contributed by atoms with E-state index in [0.29, 0.717) is 11.7 Å². The molecule has 0 radical (unpaired) electrons. The van der Waals surface area contributed by atoms with Crippen LogP contribution in [0.5, 0.6) is 5.88 Å². The Bertz CT molecular complexity index is 450. The quantitative estimate of drug-likeness (QED) is 0.808. The lowest BCUT2D eigenvalue weighted by atomic mass is 9.80. The summed E-state index contributed by atoms with van der Waals surface area (Å²) >= 11 is 1.81. The first kappa shape index (κ1) is 12.9. The normalized spacial score (nSPS) is 24.8. The molecule has 4 nitrogen and oxygen atoms in total. The van der Waals surface area contributed by atoms with Crippen molar-refractivity contribution in [2.75, 3.05) is 0 Å². The second kappa shape index (κ2) is 5.37. The van der Waals surface area contributed by atoms with Crippen molar-refractivity contribution in [2.45, 2.75) is 44.9 Å². The molecule has 1 aromatic rings. The average Bonchev–Trinajstić information content (AvgIpc) is 2.35. The molecule has 0 atom stereocenters. The van der Waals surface area contributed by atoms with E-state index in [1.54, 1.807) is 0 Å². The lowest BCUT2D eigenvalue weighted by Crippen LogP contribution is -2.20. The maximum absolute atomic E-state index is 11.6. The van der Waals surface area contributed by atoms with Crippen molar-refractivity contribution < 1.29 is 5.11 Å². The summed E-state index contributed by atoms with van der Waals surface area (Å²) in [5.74, 6) is 1.63. The highest BCUT2D eigenvalue weighted by molar-refractivity contribution is 14.1. The first-order valence-corrected chi connectivity index (χ1v) is 7.18. The van der Waals surface area contributed by atoms with Crippen LogP contribution >= 0.6 is 22.6 Å². The molecule has 1 saturated carbocycles. The van der Waals surface area contributed by atoms with Crippen LogP contribution in [0.1, 0.15) is 50.8 Å². The van der Waals surface area contributed by atoms with Crippen molar-refractivity contribution >= 4 is 22.6 Å². The third kappa shape index (κ3) is 2.81. The number of aromatic amines is 1. The Labute approximate surface area is 114 Å². The van der Waals surface area contributed by atoms with Crippen molar-refractivity contribution in [2.24, 2.45) is 5.92 Å². The number of nitrogens with one attached hydrogen (secondary N) is 1. The Morgan fingerprint density at radius 3 is 2.59 bits per heavy atom. The maximum Gasteiger partial charge on any atom is 0.268 e. The van der Waals surface area contributed by atoms with Gasteiger partial charge in [-0.3, -0.25) is 4.79 Å². The molecule has 0 bridgehead atoms. The maximum atomic E-state index is 11.6. The first-order valence-electron chi connectivity index (χ1n) is 6.10. The highest BCUT2D eigenvalue weighted by Crippen LogP contribution is 2.35. The molecule has 5 heteroatoms. The molecule has 2 rings (SSSR count). The van der Waals surface area contributed by atoms with Gasteiger partial charge < -0.3 is 10.1 Å². The molecule has 0 aliphatic heterocycles. The zero-order valence-corrected chi connectivity index (χ0v) is 12.0. The van der Waals surface area contributed by atoms with Gasteiger partial charge >= 0.3 is 0 Å². The molecule has 94 valence electrons. The Hall–Kier alpha value is -0.590. The van der Waals surface area contributed by atoms with Crippen LogP contribution in [0.15, 0.2) is 4.79 Å². The first-order chi connectivity index (χ1) is 8.11. The monoisotopic (exact) mass is 348 g/mol. The van der Waals surface area contributed by atoms with Gasteiger partial charge in [-0.15, -0.1) is 0 Å². The molecule has 1 aliphatic rings. The third-order valence-electron chi connectivity index (χ3n) is 3.67. The molecule has 2 N–H and O–H groups in total. The van der Waals surface area contributed by atoms with Gasteiger partial charge in [0.1, 0.15) is 9.39 Å². The Morgan fingerprint density at radius 1 is 1.41 bits per heavy atom. The minimum atomic E-state index is -0.231. The van der Waals surface area contributed by atoms with Gasteiger partial charge in [0.25, 0.3) is 5.56 Å². The summed E-state index contributed by atoms with van der Waals surface area (Å²) in [5, 5.41) is 9.57. The summed E-state index contributed by atoms with van der Waals surface area (Å²) in [5.41, 5.74) is -0.231. The summed E-state index contributed by atoms with van der Waals surface area (Å²) in [7, 11) is 0. The molecular weight excluding hydrogens is 331 g/mol. The van der Waals surface area contributed by atoms with Crippen LogP contribution in [0.4, 0.5) is 0 Å². The van der Waals surface area contributed by atoms with Gasteiger partial charge in [-0.1, -0.05) is 13.3 Å². The summed E-state index contributed by atoms with van der Waals surface area (Å²) < 4.78 is 0.272. The zero-order valence-electron chi connectivity index (χ0n) is 9.87. The van der Waals surface area contributed by atoms with Crippen molar-refractivity contribution in [1.29, 1.82) is 0 Å². The predicted molar refractivity (Wildman–Crippen MR) is 74.2 cm³/mol. The molecule has 0 unspecified atom stereocenters. The van der Waals surface area contributed by atoms with Gasteiger partial charge in [0.2, 0.25) is 5.88 Å². The van der Waals surface area contributed by atoms with E-state index < -0.39 is 0 Å². The summed E-state index contributed by atoms with van der Waals surface area (Å²) in [4.78, 5) is 18.4. The van der Waals surface area contributed by atoms with E-state index in [1.165, 1.54) is 19.3 Å². The van der Waals surface area contributed by atoms with Crippen LogP contribution in [-0.2, 0) is 0 Å². The van der Waals surface area contributed by atoms with Gasteiger partial charge in [-0.2, -0.15) is 4.98 Å². The molecule has 1 heterocycles. The second-order valence-electron chi connectivity index (χ2n) is 4.71. The van der Waals surface area contributed by atoms with E-state index in [-0.39, 0.29) is 15.0 Å². The molecule has 0 amide bonds. The van der Waals surface area contributed by atoms with Crippen LogP contribution in [0, 0.1) is 9.49 Å². The number of rotatable bonds is 2. The van der Waals surface area contributed by atoms with Crippen LogP contribution in [0.25, 0.3) is 0 Å². The number of hydrogen-bond donors (Lipinski definition) is 2. The van der Waals surface area contributed by atoms with E-state index in [2.05, 4.69) is 16.9 Å². The van der Waals surface area contributed by atoms with Crippen molar-refractivity contribution in [1.82, 2.24) is 9.97 Å². The number of aromatic hydroxyl groups is 1. The van der Waals surface area contributed by atoms with E-state index in [0.717, 1.165) is 18.8 Å². The van der Waals surface area contributed by atoms with Crippen LogP contribution in [-0.4, -0.2) is 15.1 Å². The fraction of sp³-hybridized carbons (Fsp3) is 0.667. The topological polar surface area (TPSA) is 66.0 Å². The van der Waals surface area contributed by atoms with Gasteiger partial charge in [0, 0.05) is 5.92 Å². The second-order valence-corrected chi connectivity index (χ2v) is 5.79. The minimum Gasteiger partial charge on any atom is -0.492 e. The van der Waals surface area contributed by atoms with Gasteiger partial charge in [0.15, 0.2) is 0 Å². The lowest BCUT2D eigenvalue weighted by Gasteiger charge is -2.26. The third-order valence-corrected chi connectivity index (χ3v) is 4.65.